The van der Waals surface area contributed by atoms with Crippen molar-refractivity contribution >= 4 is 16.7 Å². The SMILES string of the molecule is [C-]#[N+]c1ccc2c3c(ccc2n1)OC(C)(C)C(O)C3NCCc1ccccc1. The third-order valence-corrected chi connectivity index (χ3v) is 5.31. The van der Waals surface area contributed by atoms with Crippen LogP contribution in [0.3, 0.4) is 0 Å². The van der Waals surface area contributed by atoms with Crippen molar-refractivity contribution in [3.63, 3.8) is 0 Å². The number of aliphatic hydroxyl groups excluding tert-OH is 1. The Bertz CT molecular complexity index is 1040. The first-order chi connectivity index (χ1) is 13.5. The number of hydrogen-bond donors (Lipinski definition) is 2. The highest BCUT2D eigenvalue weighted by Crippen LogP contribution is 2.43. The zero-order chi connectivity index (χ0) is 19.7. The van der Waals surface area contributed by atoms with E-state index in [9.17, 15) is 5.11 Å². The van der Waals surface area contributed by atoms with Gasteiger partial charge in [-0.05, 0) is 50.6 Å². The zero-order valence-corrected chi connectivity index (χ0v) is 16.0. The molecule has 0 amide bonds. The molecule has 2 atom stereocenters. The lowest BCUT2D eigenvalue weighted by Gasteiger charge is -2.42. The molecule has 2 aromatic carbocycles. The second-order valence-electron chi connectivity index (χ2n) is 7.64. The van der Waals surface area contributed by atoms with Crippen LogP contribution in [0.4, 0.5) is 5.82 Å². The Hall–Kier alpha value is -2.94. The average molecular weight is 373 g/mol. The predicted octanol–water partition coefficient (Wildman–Crippen LogP) is 4.19. The number of nitrogens with one attached hydrogen (secondary N) is 1. The Morgan fingerprint density at radius 3 is 2.68 bits per heavy atom. The van der Waals surface area contributed by atoms with E-state index in [1.807, 2.05) is 50.2 Å². The van der Waals surface area contributed by atoms with Crippen LogP contribution in [0.5, 0.6) is 5.75 Å². The predicted molar refractivity (Wildman–Crippen MR) is 110 cm³/mol. The third-order valence-electron chi connectivity index (χ3n) is 5.31. The number of benzene rings is 2. The van der Waals surface area contributed by atoms with Crippen molar-refractivity contribution in [2.45, 2.75) is 38.0 Å². The van der Waals surface area contributed by atoms with Crippen molar-refractivity contribution in [3.8, 4) is 5.75 Å². The van der Waals surface area contributed by atoms with Gasteiger partial charge in [-0.3, -0.25) is 0 Å². The molecule has 142 valence electrons. The first-order valence-electron chi connectivity index (χ1n) is 9.45. The van der Waals surface area contributed by atoms with E-state index in [0.29, 0.717) is 5.82 Å². The molecule has 0 spiro atoms. The maximum Gasteiger partial charge on any atom is 0.270 e. The number of aromatic nitrogens is 1. The summed E-state index contributed by atoms with van der Waals surface area (Å²) in [5.74, 6) is 1.11. The molecule has 1 aliphatic heterocycles. The normalized spacial score (nSPS) is 20.2. The summed E-state index contributed by atoms with van der Waals surface area (Å²) >= 11 is 0. The molecule has 0 bridgehead atoms. The number of hydrogen-bond acceptors (Lipinski definition) is 4. The molecule has 0 saturated carbocycles. The topological polar surface area (TPSA) is 58.7 Å². The molecule has 4 rings (SSSR count). The van der Waals surface area contributed by atoms with Gasteiger partial charge < -0.3 is 20.0 Å². The van der Waals surface area contributed by atoms with Crippen LogP contribution in [0.25, 0.3) is 15.7 Å². The van der Waals surface area contributed by atoms with E-state index in [-0.39, 0.29) is 6.04 Å². The highest BCUT2D eigenvalue weighted by Gasteiger charge is 2.43. The average Bonchev–Trinajstić information content (AvgIpc) is 2.70. The molecule has 3 aromatic rings. The van der Waals surface area contributed by atoms with Gasteiger partial charge in [0.15, 0.2) is 5.52 Å². The van der Waals surface area contributed by atoms with Gasteiger partial charge in [-0.15, -0.1) is 4.98 Å². The summed E-state index contributed by atoms with van der Waals surface area (Å²) in [5, 5.41) is 15.5. The Balaban J connectivity index is 1.70. The van der Waals surface area contributed by atoms with Crippen LogP contribution in [0, 0.1) is 6.57 Å². The zero-order valence-electron chi connectivity index (χ0n) is 16.0. The lowest BCUT2D eigenvalue weighted by molar-refractivity contribution is -0.0638. The molecule has 0 saturated heterocycles. The van der Waals surface area contributed by atoms with E-state index in [2.05, 4.69) is 27.3 Å². The summed E-state index contributed by atoms with van der Waals surface area (Å²) in [6, 6.07) is 17.4. The number of rotatable bonds is 4. The molecular formula is C23H23N3O2. The van der Waals surface area contributed by atoms with Crippen LogP contribution < -0.4 is 10.1 Å². The summed E-state index contributed by atoms with van der Waals surface area (Å²) in [5.41, 5.74) is 2.17. The highest BCUT2D eigenvalue weighted by atomic mass is 16.5. The molecule has 1 aliphatic rings. The number of ether oxygens (including phenoxy) is 1. The minimum Gasteiger partial charge on any atom is -0.485 e. The monoisotopic (exact) mass is 373 g/mol. The molecule has 28 heavy (non-hydrogen) atoms. The van der Waals surface area contributed by atoms with Crippen molar-refractivity contribution in [1.82, 2.24) is 10.3 Å². The standard InChI is InChI=1S/C23H23N3O2/c1-23(2)22(27)21(25-14-13-15-7-5-4-6-8-15)20-16-9-12-19(24-3)26-17(16)10-11-18(20)28-23/h4-12,21-22,25,27H,13-14H2,1-2H3. The number of fused-ring (bicyclic) bond motifs is 3. The van der Waals surface area contributed by atoms with Gasteiger partial charge in [0.2, 0.25) is 0 Å². The number of nitrogens with zero attached hydrogens (tertiary/aromatic N) is 2. The van der Waals surface area contributed by atoms with Crippen molar-refractivity contribution in [3.05, 3.63) is 77.1 Å². The maximum atomic E-state index is 11.0. The van der Waals surface area contributed by atoms with Gasteiger partial charge in [0.05, 0.1) is 6.04 Å². The van der Waals surface area contributed by atoms with Gasteiger partial charge in [-0.2, -0.15) is 0 Å². The fourth-order valence-corrected chi connectivity index (χ4v) is 3.80. The molecule has 2 N–H and O–H groups in total. The summed E-state index contributed by atoms with van der Waals surface area (Å²) in [4.78, 5) is 7.82. The summed E-state index contributed by atoms with van der Waals surface area (Å²) < 4.78 is 6.11. The fourth-order valence-electron chi connectivity index (χ4n) is 3.80. The lowest BCUT2D eigenvalue weighted by atomic mass is 9.84. The number of pyridine rings is 1. The molecule has 5 nitrogen and oxygen atoms in total. The van der Waals surface area contributed by atoms with Crippen molar-refractivity contribution < 1.29 is 9.84 Å². The second kappa shape index (κ2) is 7.23. The quantitative estimate of drug-likeness (QED) is 0.673. The Morgan fingerprint density at radius 2 is 1.93 bits per heavy atom. The van der Waals surface area contributed by atoms with Gasteiger partial charge in [-0.1, -0.05) is 43.0 Å². The van der Waals surface area contributed by atoms with Crippen LogP contribution >= 0.6 is 0 Å². The van der Waals surface area contributed by atoms with Crippen LogP contribution in [-0.2, 0) is 6.42 Å². The minimum absolute atomic E-state index is 0.285. The van der Waals surface area contributed by atoms with Crippen LogP contribution in [-0.4, -0.2) is 28.3 Å². The Morgan fingerprint density at radius 1 is 1.14 bits per heavy atom. The largest absolute Gasteiger partial charge is 0.485 e. The van der Waals surface area contributed by atoms with E-state index < -0.39 is 11.7 Å². The molecule has 0 fully saturated rings. The summed E-state index contributed by atoms with van der Waals surface area (Å²) in [6.45, 7) is 11.7. The molecule has 5 heteroatoms. The van der Waals surface area contributed by atoms with Gasteiger partial charge in [0.1, 0.15) is 17.5 Å². The Kier molecular flexibility index (Phi) is 4.76. The highest BCUT2D eigenvalue weighted by molar-refractivity contribution is 5.87. The van der Waals surface area contributed by atoms with E-state index in [1.54, 1.807) is 6.07 Å². The van der Waals surface area contributed by atoms with Crippen molar-refractivity contribution in [2.24, 2.45) is 0 Å². The van der Waals surface area contributed by atoms with Crippen LogP contribution in [0.1, 0.15) is 31.0 Å². The van der Waals surface area contributed by atoms with Crippen molar-refractivity contribution in [1.29, 1.82) is 0 Å². The second-order valence-corrected chi connectivity index (χ2v) is 7.64. The Labute approximate surface area is 164 Å². The van der Waals surface area contributed by atoms with E-state index in [4.69, 9.17) is 11.3 Å². The van der Waals surface area contributed by atoms with Crippen LogP contribution in [0.2, 0.25) is 0 Å². The first-order valence-corrected chi connectivity index (χ1v) is 9.45. The smallest absolute Gasteiger partial charge is 0.270 e. The fraction of sp³-hybridized carbons (Fsp3) is 0.304. The van der Waals surface area contributed by atoms with E-state index in [0.717, 1.165) is 35.2 Å². The van der Waals surface area contributed by atoms with E-state index in [1.165, 1.54) is 5.56 Å². The van der Waals surface area contributed by atoms with Gasteiger partial charge in [0.25, 0.3) is 5.82 Å². The molecular weight excluding hydrogens is 350 g/mol. The third kappa shape index (κ3) is 3.33. The van der Waals surface area contributed by atoms with Gasteiger partial charge in [0, 0.05) is 10.9 Å². The van der Waals surface area contributed by atoms with Gasteiger partial charge >= 0.3 is 0 Å². The summed E-state index contributed by atoms with van der Waals surface area (Å²) in [6.07, 6.45) is 0.146. The maximum absolute atomic E-state index is 11.0. The lowest BCUT2D eigenvalue weighted by Crippen LogP contribution is -2.52. The molecule has 1 aromatic heterocycles. The molecule has 2 unspecified atom stereocenters. The van der Waals surface area contributed by atoms with Crippen molar-refractivity contribution in [2.75, 3.05) is 6.54 Å². The molecule has 2 heterocycles. The first kappa shape index (κ1) is 18.4. The molecule has 0 radical (unpaired) electrons. The minimum atomic E-state index is -0.720. The van der Waals surface area contributed by atoms with E-state index >= 15 is 0 Å². The number of aliphatic hydroxyl groups is 1. The van der Waals surface area contributed by atoms with Gasteiger partial charge in [-0.25, -0.2) is 0 Å². The summed E-state index contributed by atoms with van der Waals surface area (Å²) in [7, 11) is 0. The van der Waals surface area contributed by atoms with Crippen LogP contribution in [0.15, 0.2) is 54.6 Å². The molecule has 0 aliphatic carbocycles.